The first-order valence-corrected chi connectivity index (χ1v) is 4.62. The summed E-state index contributed by atoms with van der Waals surface area (Å²) in [6.07, 6.45) is 0. The fourth-order valence-corrected chi connectivity index (χ4v) is 1.15. The molecule has 0 radical (unpaired) electrons. The van der Waals surface area contributed by atoms with Crippen molar-refractivity contribution >= 4 is 23.3 Å². The van der Waals surface area contributed by atoms with Gasteiger partial charge in [0.25, 0.3) is 5.91 Å². The van der Waals surface area contributed by atoms with E-state index < -0.39 is 11.7 Å². The van der Waals surface area contributed by atoms with Gasteiger partial charge in [0.1, 0.15) is 5.78 Å². The normalized spacial score (nSPS) is 9.80. The Labute approximate surface area is 91.2 Å². The van der Waals surface area contributed by atoms with Crippen LogP contribution in [0.15, 0.2) is 18.2 Å². The second kappa shape index (κ2) is 4.89. The molecule has 1 aromatic carbocycles. The minimum Gasteiger partial charge on any atom is -0.345 e. The maximum Gasteiger partial charge on any atom is 0.254 e. The lowest BCUT2D eigenvalue weighted by atomic mass is 10.2. The summed E-state index contributed by atoms with van der Waals surface area (Å²) in [7, 11) is 0. The molecule has 80 valence electrons. The lowest BCUT2D eigenvalue weighted by Gasteiger charge is -2.04. The van der Waals surface area contributed by atoms with Gasteiger partial charge in [0.05, 0.1) is 17.1 Å². The molecule has 0 aliphatic rings. The van der Waals surface area contributed by atoms with Crippen LogP contribution in [0.2, 0.25) is 5.02 Å². The molecule has 15 heavy (non-hydrogen) atoms. The van der Waals surface area contributed by atoms with Crippen LogP contribution in [-0.2, 0) is 4.79 Å². The third-order valence-corrected chi connectivity index (χ3v) is 1.99. The fourth-order valence-electron chi connectivity index (χ4n) is 0.979. The number of benzene rings is 1. The minimum absolute atomic E-state index is 0.120. The lowest BCUT2D eigenvalue weighted by Crippen LogP contribution is -2.28. The van der Waals surface area contributed by atoms with Crippen LogP contribution in [0, 0.1) is 5.82 Å². The molecule has 0 fully saturated rings. The summed E-state index contributed by atoms with van der Waals surface area (Å²) in [6.45, 7) is 1.21. The van der Waals surface area contributed by atoms with Crippen molar-refractivity contribution in [1.29, 1.82) is 0 Å². The Morgan fingerprint density at radius 1 is 1.47 bits per heavy atom. The zero-order chi connectivity index (χ0) is 11.4. The Hall–Kier alpha value is -1.42. The maximum absolute atomic E-state index is 13.3. The van der Waals surface area contributed by atoms with Crippen molar-refractivity contribution in [3.8, 4) is 0 Å². The molecule has 0 saturated carbocycles. The van der Waals surface area contributed by atoms with Gasteiger partial charge in [-0.3, -0.25) is 9.59 Å². The summed E-state index contributed by atoms with van der Waals surface area (Å²) in [5, 5.41) is 2.16. The third-order valence-electron chi connectivity index (χ3n) is 1.69. The molecular weight excluding hydrogens is 221 g/mol. The van der Waals surface area contributed by atoms with E-state index in [0.29, 0.717) is 0 Å². The summed E-state index contributed by atoms with van der Waals surface area (Å²) in [4.78, 5) is 22.0. The zero-order valence-electron chi connectivity index (χ0n) is 8.01. The highest BCUT2D eigenvalue weighted by Crippen LogP contribution is 2.17. The SMILES string of the molecule is CC(=O)CNC(=O)c1cccc(Cl)c1F. The van der Waals surface area contributed by atoms with Crippen molar-refractivity contribution in [1.82, 2.24) is 5.32 Å². The third kappa shape index (κ3) is 3.02. The molecule has 1 amide bonds. The molecular formula is C10H9ClFNO2. The molecule has 0 aromatic heterocycles. The van der Waals surface area contributed by atoms with Crippen LogP contribution in [0.3, 0.4) is 0 Å². The van der Waals surface area contributed by atoms with Gasteiger partial charge in [-0.15, -0.1) is 0 Å². The molecule has 0 unspecified atom stereocenters. The van der Waals surface area contributed by atoms with Gasteiger partial charge in [0.2, 0.25) is 0 Å². The Balaban J connectivity index is 2.82. The average Bonchev–Trinajstić information content (AvgIpc) is 2.18. The second-order valence-electron chi connectivity index (χ2n) is 2.99. The summed E-state index contributed by atoms with van der Waals surface area (Å²) >= 11 is 5.50. The van der Waals surface area contributed by atoms with Crippen molar-refractivity contribution in [2.45, 2.75) is 6.92 Å². The molecule has 0 spiro atoms. The standard InChI is InChI=1S/C10H9ClFNO2/c1-6(14)5-13-10(15)7-3-2-4-8(11)9(7)12/h2-4H,5H2,1H3,(H,13,15). The molecule has 0 aliphatic carbocycles. The average molecular weight is 230 g/mol. The first-order valence-electron chi connectivity index (χ1n) is 4.24. The molecule has 5 heteroatoms. The Kier molecular flexibility index (Phi) is 3.80. The van der Waals surface area contributed by atoms with E-state index in [2.05, 4.69) is 5.32 Å². The molecule has 0 saturated heterocycles. The number of hydrogen-bond donors (Lipinski definition) is 1. The molecule has 0 aliphatic heterocycles. The van der Waals surface area contributed by atoms with Crippen LogP contribution < -0.4 is 5.32 Å². The van der Waals surface area contributed by atoms with E-state index >= 15 is 0 Å². The largest absolute Gasteiger partial charge is 0.345 e. The summed E-state index contributed by atoms with van der Waals surface area (Å²) in [5.41, 5.74) is -0.163. The second-order valence-corrected chi connectivity index (χ2v) is 3.39. The molecule has 1 rings (SSSR count). The number of hydrogen-bond acceptors (Lipinski definition) is 2. The minimum atomic E-state index is -0.778. The van der Waals surface area contributed by atoms with Gasteiger partial charge in [-0.1, -0.05) is 17.7 Å². The zero-order valence-corrected chi connectivity index (χ0v) is 8.77. The van der Waals surface area contributed by atoms with Crippen LogP contribution in [-0.4, -0.2) is 18.2 Å². The van der Waals surface area contributed by atoms with Gasteiger partial charge in [-0.25, -0.2) is 4.39 Å². The first-order chi connectivity index (χ1) is 7.02. The molecule has 1 N–H and O–H groups in total. The van der Waals surface area contributed by atoms with E-state index in [1.54, 1.807) is 0 Å². The molecule has 0 bridgehead atoms. The highest BCUT2D eigenvalue weighted by molar-refractivity contribution is 6.31. The van der Waals surface area contributed by atoms with Crippen molar-refractivity contribution in [2.24, 2.45) is 0 Å². The van der Waals surface area contributed by atoms with E-state index in [1.807, 2.05) is 0 Å². The summed E-state index contributed by atoms with van der Waals surface area (Å²) < 4.78 is 13.3. The van der Waals surface area contributed by atoms with Crippen LogP contribution >= 0.6 is 11.6 Å². The van der Waals surface area contributed by atoms with Crippen molar-refractivity contribution in [3.63, 3.8) is 0 Å². The monoisotopic (exact) mass is 229 g/mol. The Morgan fingerprint density at radius 3 is 2.73 bits per heavy atom. The van der Waals surface area contributed by atoms with Gasteiger partial charge in [-0.2, -0.15) is 0 Å². The Bertz CT molecular complexity index is 406. The maximum atomic E-state index is 13.3. The van der Waals surface area contributed by atoms with E-state index in [4.69, 9.17) is 11.6 Å². The van der Waals surface area contributed by atoms with Crippen molar-refractivity contribution in [3.05, 3.63) is 34.6 Å². The number of Topliss-reactive ketones (excluding diaryl/α,β-unsaturated/α-hetero) is 1. The fraction of sp³-hybridized carbons (Fsp3) is 0.200. The first kappa shape index (κ1) is 11.7. The topological polar surface area (TPSA) is 46.2 Å². The Morgan fingerprint density at radius 2 is 2.13 bits per heavy atom. The van der Waals surface area contributed by atoms with Crippen LogP contribution in [0.1, 0.15) is 17.3 Å². The number of carbonyl (C=O) groups excluding carboxylic acids is 2. The number of carbonyl (C=O) groups is 2. The van der Waals surface area contributed by atoms with Crippen molar-refractivity contribution < 1.29 is 14.0 Å². The number of halogens is 2. The molecule has 1 aromatic rings. The predicted molar refractivity (Wildman–Crippen MR) is 54.4 cm³/mol. The lowest BCUT2D eigenvalue weighted by molar-refractivity contribution is -0.116. The van der Waals surface area contributed by atoms with E-state index in [0.717, 1.165) is 0 Å². The van der Waals surface area contributed by atoms with Gasteiger partial charge < -0.3 is 5.32 Å². The van der Waals surface area contributed by atoms with Gasteiger partial charge in [0.15, 0.2) is 5.82 Å². The molecule has 0 atom stereocenters. The molecule has 3 nitrogen and oxygen atoms in total. The van der Waals surface area contributed by atoms with Crippen LogP contribution in [0.25, 0.3) is 0 Å². The highest BCUT2D eigenvalue weighted by atomic mass is 35.5. The van der Waals surface area contributed by atoms with Crippen LogP contribution in [0.4, 0.5) is 4.39 Å². The van der Waals surface area contributed by atoms with Gasteiger partial charge >= 0.3 is 0 Å². The smallest absolute Gasteiger partial charge is 0.254 e. The number of ketones is 1. The van der Waals surface area contributed by atoms with Gasteiger partial charge in [-0.05, 0) is 19.1 Å². The van der Waals surface area contributed by atoms with E-state index in [-0.39, 0.29) is 22.9 Å². The van der Waals surface area contributed by atoms with Crippen LogP contribution in [0.5, 0.6) is 0 Å². The summed E-state index contributed by atoms with van der Waals surface area (Å²) in [6, 6.07) is 4.11. The predicted octanol–water partition coefficient (Wildman–Crippen LogP) is 1.80. The van der Waals surface area contributed by atoms with E-state index in [9.17, 15) is 14.0 Å². The van der Waals surface area contributed by atoms with Crippen molar-refractivity contribution in [2.75, 3.05) is 6.54 Å². The highest BCUT2D eigenvalue weighted by Gasteiger charge is 2.13. The number of rotatable bonds is 3. The number of amides is 1. The summed E-state index contributed by atoms with van der Waals surface area (Å²) in [5.74, 6) is -1.63. The van der Waals surface area contributed by atoms with E-state index in [1.165, 1.54) is 25.1 Å². The molecule has 0 heterocycles. The van der Waals surface area contributed by atoms with Gasteiger partial charge in [0, 0.05) is 0 Å². The number of nitrogens with one attached hydrogen (secondary N) is 1. The quantitative estimate of drug-likeness (QED) is 0.859.